The molecule has 4 rings (SSSR count). The molecule has 1 aromatic heterocycles. The van der Waals surface area contributed by atoms with Crippen molar-refractivity contribution in [2.75, 3.05) is 11.9 Å². The summed E-state index contributed by atoms with van der Waals surface area (Å²) in [5.74, 6) is 0.0592. The monoisotopic (exact) mass is 417 g/mol. The Kier molecular flexibility index (Phi) is 6.16. The number of nitrogens with zero attached hydrogens (tertiary/aromatic N) is 2. The number of aromatic nitrogens is 2. The normalized spacial score (nSPS) is 13.2. The van der Waals surface area contributed by atoms with Gasteiger partial charge in [0.05, 0.1) is 23.6 Å². The van der Waals surface area contributed by atoms with Crippen molar-refractivity contribution in [1.82, 2.24) is 9.55 Å². The van der Waals surface area contributed by atoms with Gasteiger partial charge in [-0.15, -0.1) is 0 Å². The van der Waals surface area contributed by atoms with Crippen LogP contribution in [0.5, 0.6) is 0 Å². The average molecular weight is 418 g/mol. The van der Waals surface area contributed by atoms with Gasteiger partial charge in [-0.1, -0.05) is 48.4 Å². The van der Waals surface area contributed by atoms with E-state index in [1.54, 1.807) is 31.2 Å². The van der Waals surface area contributed by atoms with Crippen molar-refractivity contribution in [3.8, 4) is 11.4 Å². The number of para-hydroxylation sites is 1. The number of aryl methyl sites for hydroxylation is 1. The Labute approximate surface area is 182 Å². The van der Waals surface area contributed by atoms with Gasteiger partial charge in [-0.05, 0) is 45.2 Å². The highest BCUT2D eigenvalue weighted by atomic mass is 16.5. The predicted molar refractivity (Wildman–Crippen MR) is 120 cm³/mol. The third-order valence-electron chi connectivity index (χ3n) is 5.56. The molecular weight excluding hydrogens is 390 g/mol. The van der Waals surface area contributed by atoms with Gasteiger partial charge >= 0.3 is 5.97 Å². The van der Waals surface area contributed by atoms with Crippen molar-refractivity contribution in [2.45, 2.75) is 46.1 Å². The number of nitrogens with one attached hydrogen (secondary N) is 1. The first-order valence-electron chi connectivity index (χ1n) is 10.8. The zero-order valence-corrected chi connectivity index (χ0v) is 18.0. The van der Waals surface area contributed by atoms with Crippen LogP contribution in [0.25, 0.3) is 11.4 Å². The summed E-state index contributed by atoms with van der Waals surface area (Å²) in [6, 6.07) is 15.1. The number of carbonyl (C=O) groups is 2. The van der Waals surface area contributed by atoms with E-state index in [4.69, 9.17) is 9.72 Å². The van der Waals surface area contributed by atoms with Crippen LogP contribution in [0.2, 0.25) is 0 Å². The fraction of sp³-hybridized carbons (Fsp3) is 0.320. The smallest absolute Gasteiger partial charge is 0.340 e. The van der Waals surface area contributed by atoms with Crippen molar-refractivity contribution in [3.05, 3.63) is 71.0 Å². The number of esters is 1. The molecule has 2 aromatic carbocycles. The zero-order chi connectivity index (χ0) is 21.8. The molecule has 1 amide bonds. The maximum absolute atomic E-state index is 13.3. The van der Waals surface area contributed by atoms with Crippen molar-refractivity contribution in [2.24, 2.45) is 0 Å². The molecule has 0 aliphatic carbocycles. The van der Waals surface area contributed by atoms with Gasteiger partial charge in [-0.2, -0.15) is 0 Å². The van der Waals surface area contributed by atoms with Gasteiger partial charge in [0.15, 0.2) is 0 Å². The molecule has 0 atom stereocenters. The minimum Gasteiger partial charge on any atom is -0.462 e. The lowest BCUT2D eigenvalue weighted by Gasteiger charge is -2.11. The average Bonchev–Trinajstić information content (AvgIpc) is 2.96. The van der Waals surface area contributed by atoms with Crippen LogP contribution in [-0.4, -0.2) is 28.0 Å². The van der Waals surface area contributed by atoms with Crippen LogP contribution < -0.4 is 5.32 Å². The molecule has 0 radical (unpaired) electrons. The van der Waals surface area contributed by atoms with Crippen LogP contribution in [0.4, 0.5) is 5.69 Å². The summed E-state index contributed by atoms with van der Waals surface area (Å²) < 4.78 is 7.31. The summed E-state index contributed by atoms with van der Waals surface area (Å²) in [4.78, 5) is 30.4. The number of rotatable bonds is 5. The highest BCUT2D eigenvalue weighted by Crippen LogP contribution is 2.28. The lowest BCUT2D eigenvalue weighted by atomic mass is 10.1. The van der Waals surface area contributed by atoms with Crippen LogP contribution in [0.15, 0.2) is 48.5 Å². The minimum atomic E-state index is -0.456. The maximum atomic E-state index is 13.3. The Morgan fingerprint density at radius 3 is 2.61 bits per heavy atom. The number of hydrogen-bond donors (Lipinski definition) is 1. The quantitative estimate of drug-likeness (QED) is 0.592. The molecule has 1 aliphatic rings. The van der Waals surface area contributed by atoms with Crippen molar-refractivity contribution < 1.29 is 14.3 Å². The molecule has 1 N–H and O–H groups in total. The van der Waals surface area contributed by atoms with Crippen LogP contribution in [0.3, 0.4) is 0 Å². The molecule has 6 heteroatoms. The number of fused-ring (bicyclic) bond motifs is 1. The van der Waals surface area contributed by atoms with Crippen molar-refractivity contribution >= 4 is 17.6 Å². The molecule has 0 saturated heterocycles. The van der Waals surface area contributed by atoms with E-state index in [1.807, 2.05) is 12.1 Å². The van der Waals surface area contributed by atoms with E-state index in [0.29, 0.717) is 16.9 Å². The van der Waals surface area contributed by atoms with E-state index < -0.39 is 5.97 Å². The van der Waals surface area contributed by atoms with Crippen molar-refractivity contribution in [3.63, 3.8) is 0 Å². The van der Waals surface area contributed by atoms with E-state index in [9.17, 15) is 9.59 Å². The van der Waals surface area contributed by atoms with Gasteiger partial charge in [-0.25, -0.2) is 9.78 Å². The van der Waals surface area contributed by atoms with Gasteiger partial charge in [0, 0.05) is 12.1 Å². The minimum absolute atomic E-state index is 0.273. The van der Waals surface area contributed by atoms with Gasteiger partial charge in [-0.3, -0.25) is 4.79 Å². The molecule has 0 bridgehead atoms. The van der Waals surface area contributed by atoms with Crippen LogP contribution >= 0.6 is 0 Å². The Morgan fingerprint density at radius 2 is 1.84 bits per heavy atom. The number of hydrogen-bond acceptors (Lipinski definition) is 4. The molecule has 2 heterocycles. The Balaban J connectivity index is 1.71. The third kappa shape index (κ3) is 4.38. The lowest BCUT2D eigenvalue weighted by molar-refractivity contribution is 0.0527. The predicted octanol–water partition coefficient (Wildman–Crippen LogP) is 5.01. The summed E-state index contributed by atoms with van der Waals surface area (Å²) in [6.07, 6.45) is 4.02. The molecule has 0 unspecified atom stereocenters. The topological polar surface area (TPSA) is 73.2 Å². The van der Waals surface area contributed by atoms with Crippen LogP contribution in [0, 0.1) is 6.92 Å². The maximum Gasteiger partial charge on any atom is 0.340 e. The number of imidazole rings is 1. The molecular formula is C25H27N3O3. The summed E-state index contributed by atoms with van der Waals surface area (Å²) in [6.45, 7) is 4.93. The lowest BCUT2D eigenvalue weighted by Crippen LogP contribution is -2.18. The second-order valence-corrected chi connectivity index (χ2v) is 7.78. The summed E-state index contributed by atoms with van der Waals surface area (Å²) in [7, 11) is 0. The fourth-order valence-electron chi connectivity index (χ4n) is 3.99. The highest BCUT2D eigenvalue weighted by Gasteiger charge is 2.25. The molecule has 160 valence electrons. The van der Waals surface area contributed by atoms with Gasteiger partial charge in [0.1, 0.15) is 11.5 Å². The molecule has 3 aromatic rings. The summed E-state index contributed by atoms with van der Waals surface area (Å²) >= 11 is 0. The Bertz CT molecular complexity index is 1100. The molecule has 0 spiro atoms. The van der Waals surface area contributed by atoms with E-state index >= 15 is 0 Å². The van der Waals surface area contributed by atoms with E-state index in [2.05, 4.69) is 28.9 Å². The van der Waals surface area contributed by atoms with Crippen molar-refractivity contribution in [1.29, 1.82) is 0 Å². The van der Waals surface area contributed by atoms with E-state index in [0.717, 1.165) is 49.3 Å². The molecule has 0 saturated carbocycles. The second kappa shape index (κ2) is 9.16. The number of amides is 1. The summed E-state index contributed by atoms with van der Waals surface area (Å²) in [5.41, 5.74) is 4.33. The summed E-state index contributed by atoms with van der Waals surface area (Å²) in [5, 5.41) is 2.89. The van der Waals surface area contributed by atoms with Crippen LogP contribution in [-0.2, 0) is 17.7 Å². The standard InChI is InChI=1S/C25H27N3O3/c1-3-31-25(30)19-9-6-7-10-20(19)26-24(29)22-21-11-5-4-8-16-28(21)23(27-22)18-14-12-17(2)13-15-18/h6-7,9-10,12-15H,3-5,8,11,16H2,1-2H3,(H,26,29). The van der Waals surface area contributed by atoms with Crippen LogP contribution in [0.1, 0.15) is 58.3 Å². The first kappa shape index (κ1) is 20.8. The first-order valence-corrected chi connectivity index (χ1v) is 10.8. The first-order chi connectivity index (χ1) is 15.1. The second-order valence-electron chi connectivity index (χ2n) is 7.78. The fourth-order valence-corrected chi connectivity index (χ4v) is 3.99. The Hall–Kier alpha value is -3.41. The highest BCUT2D eigenvalue weighted by molar-refractivity contribution is 6.08. The van der Waals surface area contributed by atoms with Gasteiger partial charge in [0.25, 0.3) is 5.91 Å². The molecule has 0 fully saturated rings. The molecule has 6 nitrogen and oxygen atoms in total. The van der Waals surface area contributed by atoms with E-state index in [1.165, 1.54) is 5.56 Å². The number of anilines is 1. The van der Waals surface area contributed by atoms with E-state index in [-0.39, 0.29) is 12.5 Å². The number of benzene rings is 2. The SMILES string of the molecule is CCOC(=O)c1ccccc1NC(=O)c1nc(-c2ccc(C)cc2)n2c1CCCCC2. The van der Waals surface area contributed by atoms with Gasteiger partial charge < -0.3 is 14.6 Å². The third-order valence-corrected chi connectivity index (χ3v) is 5.56. The largest absolute Gasteiger partial charge is 0.462 e. The number of ether oxygens (including phenoxy) is 1. The zero-order valence-electron chi connectivity index (χ0n) is 18.0. The molecule has 1 aliphatic heterocycles. The van der Waals surface area contributed by atoms with Gasteiger partial charge in [0.2, 0.25) is 0 Å². The Morgan fingerprint density at radius 1 is 1.06 bits per heavy atom. The molecule has 31 heavy (non-hydrogen) atoms. The number of carbonyl (C=O) groups excluding carboxylic acids is 2.